The van der Waals surface area contributed by atoms with Crippen LogP contribution in [0.4, 0.5) is 13.2 Å². The monoisotopic (exact) mass is 583 g/mol. The van der Waals surface area contributed by atoms with Gasteiger partial charge in [0.05, 0.1) is 17.1 Å². The first kappa shape index (κ1) is 27.9. The molecule has 0 bridgehead atoms. The SMILES string of the molecule is CNC(=O)c1c(-c2ccc(F)cc2)oc2ccc(-c3cc(C(=O)C[C@@H](C)c4nc5cnccc5o4)cc(F)c3C)c(F)c12. The minimum atomic E-state index is -0.825. The number of amides is 1. The number of carbonyl (C=O) groups is 2. The highest BCUT2D eigenvalue weighted by molar-refractivity contribution is 6.12. The largest absolute Gasteiger partial charge is 0.455 e. The summed E-state index contributed by atoms with van der Waals surface area (Å²) in [7, 11) is 1.39. The van der Waals surface area contributed by atoms with Crippen LogP contribution in [0.15, 0.2) is 75.8 Å². The molecule has 7 nitrogen and oxygen atoms in total. The highest BCUT2D eigenvalue weighted by Gasteiger charge is 2.27. The van der Waals surface area contributed by atoms with Crippen molar-refractivity contribution in [1.29, 1.82) is 0 Å². The summed E-state index contributed by atoms with van der Waals surface area (Å²) in [5.41, 5.74) is 1.76. The summed E-state index contributed by atoms with van der Waals surface area (Å²) in [6.07, 6.45) is 3.10. The van der Waals surface area contributed by atoms with Crippen LogP contribution in [0, 0.1) is 24.4 Å². The number of hydrogen-bond acceptors (Lipinski definition) is 6. The Balaban J connectivity index is 1.41. The van der Waals surface area contributed by atoms with Crippen molar-refractivity contribution in [2.24, 2.45) is 0 Å². The number of hydrogen-bond donors (Lipinski definition) is 1. The lowest BCUT2D eigenvalue weighted by molar-refractivity contribution is 0.0959. The molecule has 0 saturated carbocycles. The minimum absolute atomic E-state index is 0.0188. The molecular weight excluding hydrogens is 559 g/mol. The van der Waals surface area contributed by atoms with Crippen molar-refractivity contribution < 1.29 is 31.6 Å². The second-order valence-corrected chi connectivity index (χ2v) is 10.2. The van der Waals surface area contributed by atoms with Crippen molar-refractivity contribution in [1.82, 2.24) is 15.3 Å². The topological polar surface area (TPSA) is 98.2 Å². The Kier molecular flexibility index (Phi) is 7.05. The molecule has 0 fully saturated rings. The number of rotatable bonds is 7. The molecule has 0 aliphatic rings. The number of furan rings is 1. The molecule has 0 unspecified atom stereocenters. The number of pyridine rings is 1. The van der Waals surface area contributed by atoms with Gasteiger partial charge in [-0.2, -0.15) is 0 Å². The number of aromatic nitrogens is 2. The molecule has 0 aliphatic carbocycles. The summed E-state index contributed by atoms with van der Waals surface area (Å²) < 4.78 is 56.8. The molecule has 1 atom stereocenters. The third-order valence-corrected chi connectivity index (χ3v) is 7.43. The molecule has 3 heterocycles. The van der Waals surface area contributed by atoms with E-state index in [1.54, 1.807) is 25.4 Å². The van der Waals surface area contributed by atoms with Crippen molar-refractivity contribution >= 4 is 33.8 Å². The maximum atomic E-state index is 16.3. The van der Waals surface area contributed by atoms with Crippen molar-refractivity contribution in [2.75, 3.05) is 7.05 Å². The van der Waals surface area contributed by atoms with E-state index in [1.807, 2.05) is 0 Å². The fourth-order valence-electron chi connectivity index (χ4n) is 5.12. The smallest absolute Gasteiger partial charge is 0.255 e. The number of halogens is 3. The third kappa shape index (κ3) is 4.94. The summed E-state index contributed by atoms with van der Waals surface area (Å²) in [5.74, 6) is -3.03. The number of ketones is 1. The van der Waals surface area contributed by atoms with Gasteiger partial charge in [0, 0.05) is 48.3 Å². The maximum absolute atomic E-state index is 16.3. The standard InChI is InChI=1S/C33H24F3N3O4/c1-16(33-39-24-15-38-11-10-26(24)43-33)12-25(40)19-13-22(17(2)23(35)14-19)21-8-9-27-28(30(21)36)29(32(41)37-3)31(42-27)18-4-6-20(34)7-5-18/h4-11,13-16H,12H2,1-3H3,(H,37,41)/t16-/m1/s1. The minimum Gasteiger partial charge on any atom is -0.455 e. The zero-order chi connectivity index (χ0) is 30.4. The number of carbonyl (C=O) groups excluding carboxylic acids is 2. The van der Waals surface area contributed by atoms with Gasteiger partial charge in [-0.1, -0.05) is 6.92 Å². The van der Waals surface area contributed by atoms with Crippen LogP contribution >= 0.6 is 0 Å². The lowest BCUT2D eigenvalue weighted by Crippen LogP contribution is -2.18. The van der Waals surface area contributed by atoms with Crippen LogP contribution in [0.5, 0.6) is 0 Å². The van der Waals surface area contributed by atoms with Gasteiger partial charge in [-0.15, -0.1) is 0 Å². The highest BCUT2D eigenvalue weighted by Crippen LogP contribution is 2.40. The van der Waals surface area contributed by atoms with E-state index in [0.717, 1.165) is 6.07 Å². The van der Waals surface area contributed by atoms with Gasteiger partial charge in [0.15, 0.2) is 17.3 Å². The molecule has 216 valence electrons. The number of fused-ring (bicyclic) bond motifs is 2. The predicted octanol–water partition coefficient (Wildman–Crippen LogP) is 7.76. The number of nitrogens with zero attached hydrogens (tertiary/aromatic N) is 2. The average Bonchev–Trinajstić information content (AvgIpc) is 3.62. The predicted molar refractivity (Wildman–Crippen MR) is 154 cm³/mol. The Morgan fingerprint density at radius 2 is 1.72 bits per heavy atom. The molecule has 6 rings (SSSR count). The lowest BCUT2D eigenvalue weighted by Gasteiger charge is -2.13. The molecule has 0 aliphatic heterocycles. The van der Waals surface area contributed by atoms with Crippen LogP contribution in [0.1, 0.15) is 51.4 Å². The first-order chi connectivity index (χ1) is 20.7. The molecule has 1 N–H and O–H groups in total. The quantitative estimate of drug-likeness (QED) is 0.193. The van der Waals surface area contributed by atoms with E-state index in [2.05, 4.69) is 15.3 Å². The zero-order valence-electron chi connectivity index (χ0n) is 23.3. The molecule has 43 heavy (non-hydrogen) atoms. The number of oxazole rings is 1. The Morgan fingerprint density at radius 3 is 2.44 bits per heavy atom. The lowest BCUT2D eigenvalue weighted by atomic mass is 9.92. The fourth-order valence-corrected chi connectivity index (χ4v) is 5.12. The van der Waals surface area contributed by atoms with E-state index in [9.17, 15) is 14.0 Å². The van der Waals surface area contributed by atoms with Gasteiger partial charge in [-0.3, -0.25) is 14.6 Å². The van der Waals surface area contributed by atoms with Gasteiger partial charge >= 0.3 is 0 Å². The first-order valence-electron chi connectivity index (χ1n) is 13.4. The van der Waals surface area contributed by atoms with Crippen molar-refractivity contribution in [3.63, 3.8) is 0 Å². The van der Waals surface area contributed by atoms with Crippen LogP contribution < -0.4 is 5.32 Å². The van der Waals surface area contributed by atoms with Gasteiger partial charge in [-0.05, 0) is 66.6 Å². The Labute approximate surface area is 243 Å². The van der Waals surface area contributed by atoms with Crippen LogP contribution in [0.2, 0.25) is 0 Å². The van der Waals surface area contributed by atoms with Gasteiger partial charge in [-0.25, -0.2) is 18.2 Å². The summed E-state index contributed by atoms with van der Waals surface area (Å²) in [4.78, 5) is 34.7. The second-order valence-electron chi connectivity index (χ2n) is 10.2. The number of benzene rings is 3. The molecule has 3 aromatic carbocycles. The van der Waals surface area contributed by atoms with Crippen LogP contribution in [-0.2, 0) is 0 Å². The van der Waals surface area contributed by atoms with Gasteiger partial charge in [0.1, 0.15) is 34.3 Å². The normalized spacial score (nSPS) is 12.1. The molecule has 1 amide bonds. The summed E-state index contributed by atoms with van der Waals surface area (Å²) in [5, 5.41) is 2.37. The van der Waals surface area contributed by atoms with Gasteiger partial charge in [0.2, 0.25) is 0 Å². The van der Waals surface area contributed by atoms with Crippen molar-refractivity contribution in [2.45, 2.75) is 26.2 Å². The average molecular weight is 584 g/mol. The van der Waals surface area contributed by atoms with Crippen molar-refractivity contribution in [3.8, 4) is 22.5 Å². The van der Waals surface area contributed by atoms with Crippen LogP contribution in [0.25, 0.3) is 44.5 Å². The molecule has 10 heteroatoms. The Morgan fingerprint density at radius 1 is 0.953 bits per heavy atom. The third-order valence-electron chi connectivity index (χ3n) is 7.43. The Hall–Kier alpha value is -5.25. The van der Waals surface area contributed by atoms with E-state index in [1.165, 1.54) is 56.4 Å². The zero-order valence-corrected chi connectivity index (χ0v) is 23.3. The van der Waals surface area contributed by atoms with Crippen molar-refractivity contribution in [3.05, 3.63) is 107 Å². The highest BCUT2D eigenvalue weighted by atomic mass is 19.1. The maximum Gasteiger partial charge on any atom is 0.255 e. The van der Waals surface area contributed by atoms with E-state index in [0.29, 0.717) is 22.6 Å². The summed E-state index contributed by atoms with van der Waals surface area (Å²) in [6.45, 7) is 3.25. The van der Waals surface area contributed by atoms with Gasteiger partial charge < -0.3 is 14.2 Å². The van der Waals surface area contributed by atoms with E-state index in [4.69, 9.17) is 8.83 Å². The van der Waals surface area contributed by atoms with Crippen LogP contribution in [-0.4, -0.2) is 28.7 Å². The molecular formula is C33H24F3N3O4. The van der Waals surface area contributed by atoms with E-state index >= 15 is 8.78 Å². The van der Waals surface area contributed by atoms with Gasteiger partial charge in [0.25, 0.3) is 5.91 Å². The second kappa shape index (κ2) is 10.9. The Bertz CT molecular complexity index is 2010. The summed E-state index contributed by atoms with van der Waals surface area (Å²) >= 11 is 0. The molecule has 3 aromatic heterocycles. The molecule has 0 spiro atoms. The van der Waals surface area contributed by atoms with E-state index < -0.39 is 29.3 Å². The first-order valence-corrected chi connectivity index (χ1v) is 13.4. The molecule has 6 aromatic rings. The number of nitrogens with one attached hydrogen (secondary N) is 1. The van der Waals surface area contributed by atoms with E-state index in [-0.39, 0.29) is 56.8 Å². The molecule has 0 saturated heterocycles. The summed E-state index contributed by atoms with van der Waals surface area (Å²) in [6, 6.07) is 12.4. The number of Topliss-reactive ketones (excluding diaryl/α,β-unsaturated/α-hetero) is 1. The van der Waals surface area contributed by atoms with Crippen LogP contribution in [0.3, 0.4) is 0 Å². The molecule has 0 radical (unpaired) electrons. The fraction of sp³-hybridized carbons (Fsp3) is 0.152.